The normalized spacial score (nSPS) is 10.5. The molecule has 15 heavy (non-hydrogen) atoms. The van der Waals surface area contributed by atoms with Gasteiger partial charge < -0.3 is 9.16 Å². The molecular weight excluding hydrogens is 204 g/mol. The Morgan fingerprint density at radius 1 is 1.27 bits per heavy atom. The van der Waals surface area contributed by atoms with Crippen LogP contribution in [-0.4, -0.2) is 29.4 Å². The lowest BCUT2D eigenvalue weighted by Crippen LogP contribution is -2.32. The zero-order valence-electron chi connectivity index (χ0n) is 9.11. The molecule has 1 aromatic rings. The van der Waals surface area contributed by atoms with E-state index in [0.717, 1.165) is 19.6 Å². The van der Waals surface area contributed by atoms with Gasteiger partial charge in [0.15, 0.2) is 0 Å². The molecule has 0 spiro atoms. The van der Waals surface area contributed by atoms with Crippen molar-refractivity contribution in [3.63, 3.8) is 0 Å². The van der Waals surface area contributed by atoms with Crippen LogP contribution in [-0.2, 0) is 9.16 Å². The van der Waals surface area contributed by atoms with Crippen LogP contribution in [0.15, 0.2) is 42.6 Å². The van der Waals surface area contributed by atoms with E-state index in [1.807, 2.05) is 23.9 Å². The van der Waals surface area contributed by atoms with Crippen molar-refractivity contribution in [1.29, 1.82) is 0 Å². The van der Waals surface area contributed by atoms with Crippen molar-refractivity contribution >= 4 is 14.2 Å². The van der Waals surface area contributed by atoms with Gasteiger partial charge in [0.2, 0.25) is 0 Å². The van der Waals surface area contributed by atoms with Crippen molar-refractivity contribution in [2.75, 3.05) is 20.3 Å². The van der Waals surface area contributed by atoms with Crippen molar-refractivity contribution in [3.05, 3.63) is 42.6 Å². The predicted octanol–water partition coefficient (Wildman–Crippen LogP) is 1.66. The molecule has 0 atom stereocenters. The Labute approximate surface area is 93.3 Å². The molecule has 0 unspecified atom stereocenters. The SMILES string of the molecule is C=C[Si](OCCCOC)c1ccccc1. The Bertz CT molecular complexity index is 274. The second kappa shape index (κ2) is 7.40. The van der Waals surface area contributed by atoms with E-state index in [1.54, 1.807) is 7.11 Å². The maximum atomic E-state index is 5.78. The van der Waals surface area contributed by atoms with Crippen LogP contribution in [0.25, 0.3) is 0 Å². The van der Waals surface area contributed by atoms with Gasteiger partial charge in [-0.15, -0.1) is 6.58 Å². The zero-order chi connectivity index (χ0) is 10.9. The van der Waals surface area contributed by atoms with Gasteiger partial charge in [0.1, 0.15) is 0 Å². The van der Waals surface area contributed by atoms with E-state index < -0.39 is 9.04 Å². The molecular formula is C12H17O2Si. The van der Waals surface area contributed by atoms with Gasteiger partial charge in [-0.3, -0.25) is 0 Å². The molecule has 0 aromatic heterocycles. The summed E-state index contributed by atoms with van der Waals surface area (Å²) in [5.74, 6) is 0. The summed E-state index contributed by atoms with van der Waals surface area (Å²) in [6.45, 7) is 5.32. The minimum Gasteiger partial charge on any atom is -0.408 e. The van der Waals surface area contributed by atoms with Gasteiger partial charge in [0, 0.05) is 20.3 Å². The van der Waals surface area contributed by atoms with E-state index in [4.69, 9.17) is 9.16 Å². The lowest BCUT2D eigenvalue weighted by Gasteiger charge is -2.11. The maximum Gasteiger partial charge on any atom is 0.274 e. The van der Waals surface area contributed by atoms with Crippen LogP contribution in [0.2, 0.25) is 0 Å². The summed E-state index contributed by atoms with van der Waals surface area (Å²) in [4.78, 5) is 0. The fourth-order valence-electron chi connectivity index (χ4n) is 1.25. The third-order valence-electron chi connectivity index (χ3n) is 1.99. The first-order valence-electron chi connectivity index (χ1n) is 5.05. The fourth-order valence-corrected chi connectivity index (χ4v) is 2.65. The van der Waals surface area contributed by atoms with Crippen molar-refractivity contribution < 1.29 is 9.16 Å². The summed E-state index contributed by atoms with van der Waals surface area (Å²) in [7, 11) is 0.671. The molecule has 0 aliphatic heterocycles. The lowest BCUT2D eigenvalue weighted by atomic mass is 10.4. The molecule has 0 fully saturated rings. The molecule has 0 saturated carbocycles. The van der Waals surface area contributed by atoms with E-state index >= 15 is 0 Å². The first-order valence-corrected chi connectivity index (χ1v) is 6.53. The molecule has 0 saturated heterocycles. The van der Waals surface area contributed by atoms with Crippen molar-refractivity contribution in [2.45, 2.75) is 6.42 Å². The van der Waals surface area contributed by atoms with E-state index in [-0.39, 0.29) is 0 Å². The standard InChI is InChI=1S/C12H17O2Si/c1-3-15(14-11-7-10-13-2)12-8-5-4-6-9-12/h3-6,8-9H,1,7,10-11H2,2H3. The summed E-state index contributed by atoms with van der Waals surface area (Å²) in [6, 6.07) is 10.2. The van der Waals surface area contributed by atoms with Crippen molar-refractivity contribution in [3.8, 4) is 0 Å². The van der Waals surface area contributed by atoms with Crippen LogP contribution >= 0.6 is 0 Å². The molecule has 1 rings (SSSR count). The van der Waals surface area contributed by atoms with Gasteiger partial charge in [-0.2, -0.15) is 0 Å². The maximum absolute atomic E-state index is 5.78. The largest absolute Gasteiger partial charge is 0.408 e. The summed E-state index contributed by atoms with van der Waals surface area (Å²) >= 11 is 0. The minimum absolute atomic E-state index is 0.739. The molecule has 0 bridgehead atoms. The number of methoxy groups -OCH3 is 1. The van der Waals surface area contributed by atoms with Gasteiger partial charge >= 0.3 is 0 Å². The second-order valence-corrected chi connectivity index (χ2v) is 5.13. The summed E-state index contributed by atoms with van der Waals surface area (Å²) < 4.78 is 10.8. The fraction of sp³-hybridized carbons (Fsp3) is 0.333. The van der Waals surface area contributed by atoms with Crippen molar-refractivity contribution in [2.24, 2.45) is 0 Å². The van der Waals surface area contributed by atoms with Gasteiger partial charge in [-0.1, -0.05) is 36.0 Å². The molecule has 3 heteroatoms. The number of rotatable bonds is 7. The zero-order valence-corrected chi connectivity index (χ0v) is 10.1. The van der Waals surface area contributed by atoms with Crippen LogP contribution in [0, 0.1) is 0 Å². The summed E-state index contributed by atoms with van der Waals surface area (Å²) in [6.07, 6.45) is 0.936. The summed E-state index contributed by atoms with van der Waals surface area (Å²) in [5.41, 5.74) is 1.92. The lowest BCUT2D eigenvalue weighted by molar-refractivity contribution is 0.173. The predicted molar refractivity (Wildman–Crippen MR) is 64.5 cm³/mol. The Morgan fingerprint density at radius 3 is 2.60 bits per heavy atom. The monoisotopic (exact) mass is 221 g/mol. The van der Waals surface area contributed by atoms with Crippen molar-refractivity contribution in [1.82, 2.24) is 0 Å². The van der Waals surface area contributed by atoms with E-state index in [0.29, 0.717) is 0 Å². The Kier molecular flexibility index (Phi) is 6.00. The van der Waals surface area contributed by atoms with Crippen LogP contribution in [0.5, 0.6) is 0 Å². The van der Waals surface area contributed by atoms with Gasteiger partial charge in [-0.05, 0) is 11.6 Å². The smallest absolute Gasteiger partial charge is 0.274 e. The topological polar surface area (TPSA) is 18.5 Å². The average molecular weight is 221 g/mol. The van der Waals surface area contributed by atoms with E-state index in [2.05, 4.69) is 18.7 Å². The number of hydrogen-bond donors (Lipinski definition) is 0. The second-order valence-electron chi connectivity index (χ2n) is 3.13. The molecule has 1 aromatic carbocycles. The van der Waals surface area contributed by atoms with Crippen LogP contribution in [0.3, 0.4) is 0 Å². The van der Waals surface area contributed by atoms with E-state index in [1.165, 1.54) is 5.19 Å². The molecule has 0 N–H and O–H groups in total. The molecule has 2 nitrogen and oxygen atoms in total. The average Bonchev–Trinajstić information content (AvgIpc) is 2.30. The van der Waals surface area contributed by atoms with Gasteiger partial charge in [0.05, 0.1) is 0 Å². The van der Waals surface area contributed by atoms with Crippen LogP contribution in [0.1, 0.15) is 6.42 Å². The van der Waals surface area contributed by atoms with Crippen LogP contribution in [0.4, 0.5) is 0 Å². The molecule has 0 amide bonds. The first-order chi connectivity index (χ1) is 7.38. The molecule has 81 valence electrons. The third kappa shape index (κ3) is 4.42. The Hall–Kier alpha value is -0.903. The Balaban J connectivity index is 2.39. The summed E-state index contributed by atoms with van der Waals surface area (Å²) in [5, 5.41) is 1.25. The quantitative estimate of drug-likeness (QED) is 0.515. The number of hydrogen-bond acceptors (Lipinski definition) is 2. The van der Waals surface area contributed by atoms with Gasteiger partial charge in [-0.25, -0.2) is 0 Å². The highest BCUT2D eigenvalue weighted by molar-refractivity contribution is 6.72. The molecule has 0 heterocycles. The third-order valence-corrected chi connectivity index (χ3v) is 3.78. The van der Waals surface area contributed by atoms with Crippen LogP contribution < -0.4 is 5.19 Å². The number of benzene rings is 1. The number of ether oxygens (including phenoxy) is 1. The minimum atomic E-state index is -1.03. The molecule has 0 aliphatic rings. The highest BCUT2D eigenvalue weighted by Gasteiger charge is 2.10. The Morgan fingerprint density at radius 2 is 2.00 bits per heavy atom. The first kappa shape index (κ1) is 12.2. The van der Waals surface area contributed by atoms with E-state index in [9.17, 15) is 0 Å². The highest BCUT2D eigenvalue weighted by Crippen LogP contribution is 1.94. The molecule has 0 aliphatic carbocycles. The highest BCUT2D eigenvalue weighted by atomic mass is 28.3. The van der Waals surface area contributed by atoms with Gasteiger partial charge in [0.25, 0.3) is 9.04 Å². The molecule has 1 radical (unpaired) electrons.